The van der Waals surface area contributed by atoms with Gasteiger partial charge in [0.1, 0.15) is 0 Å². The van der Waals surface area contributed by atoms with Crippen LogP contribution in [-0.4, -0.2) is 35.7 Å². The fourth-order valence-electron chi connectivity index (χ4n) is 2.26. The summed E-state index contributed by atoms with van der Waals surface area (Å²) in [6.07, 6.45) is 3.03. The van der Waals surface area contributed by atoms with Crippen molar-refractivity contribution in [2.24, 2.45) is 0 Å². The first-order valence-electron chi connectivity index (χ1n) is 7.89. The highest BCUT2D eigenvalue weighted by atomic mass is 16.6. The normalized spacial score (nSPS) is 10.5. The molecule has 0 radical (unpaired) electrons. The maximum Gasteiger partial charge on any atom is 0.269 e. The summed E-state index contributed by atoms with van der Waals surface area (Å²) in [7, 11) is 3.25. The van der Waals surface area contributed by atoms with E-state index in [1.54, 1.807) is 56.6 Å². The lowest BCUT2D eigenvalue weighted by Crippen LogP contribution is -2.24. The molecule has 26 heavy (non-hydrogen) atoms. The zero-order valence-electron chi connectivity index (χ0n) is 14.5. The molecule has 2 amide bonds. The number of carbonyl (C=O) groups is 2. The quantitative estimate of drug-likeness (QED) is 0.491. The predicted molar refractivity (Wildman–Crippen MR) is 98.4 cm³/mol. The van der Waals surface area contributed by atoms with E-state index < -0.39 is 4.92 Å². The van der Waals surface area contributed by atoms with Crippen LogP contribution in [0.1, 0.15) is 21.5 Å². The van der Waals surface area contributed by atoms with Crippen molar-refractivity contribution in [3.63, 3.8) is 0 Å². The molecular weight excluding hydrogens is 334 g/mol. The lowest BCUT2D eigenvalue weighted by molar-refractivity contribution is -0.384. The highest BCUT2D eigenvalue weighted by Crippen LogP contribution is 2.13. The van der Waals surface area contributed by atoms with Crippen LogP contribution in [0.5, 0.6) is 0 Å². The van der Waals surface area contributed by atoms with E-state index in [1.807, 2.05) is 0 Å². The number of nitro benzene ring substituents is 1. The smallest absolute Gasteiger partial charge is 0.269 e. The number of nitrogens with one attached hydrogen (secondary N) is 1. The molecule has 0 fully saturated rings. The Kier molecular flexibility index (Phi) is 6.21. The molecule has 2 aromatic carbocycles. The third kappa shape index (κ3) is 5.01. The number of benzene rings is 2. The van der Waals surface area contributed by atoms with Crippen LogP contribution in [0.15, 0.2) is 54.6 Å². The zero-order valence-corrected chi connectivity index (χ0v) is 14.5. The van der Waals surface area contributed by atoms with Crippen LogP contribution in [0.2, 0.25) is 0 Å². The lowest BCUT2D eigenvalue weighted by Gasteiger charge is -2.15. The molecule has 0 heterocycles. The van der Waals surface area contributed by atoms with Crippen LogP contribution in [-0.2, 0) is 11.3 Å². The van der Waals surface area contributed by atoms with Crippen molar-refractivity contribution in [3.8, 4) is 0 Å². The van der Waals surface area contributed by atoms with E-state index in [0.29, 0.717) is 17.7 Å². The van der Waals surface area contributed by atoms with Crippen molar-refractivity contribution in [1.82, 2.24) is 10.2 Å². The van der Waals surface area contributed by atoms with Crippen LogP contribution in [0.3, 0.4) is 0 Å². The first-order valence-corrected chi connectivity index (χ1v) is 7.89. The van der Waals surface area contributed by atoms with Gasteiger partial charge in [0, 0.05) is 44.4 Å². The number of rotatable bonds is 6. The molecule has 7 heteroatoms. The monoisotopic (exact) mass is 353 g/mol. The van der Waals surface area contributed by atoms with Crippen molar-refractivity contribution in [3.05, 3.63) is 81.4 Å². The van der Waals surface area contributed by atoms with Gasteiger partial charge in [-0.25, -0.2) is 0 Å². The maximum atomic E-state index is 12.2. The first-order chi connectivity index (χ1) is 12.4. The number of nitrogens with zero attached hydrogens (tertiary/aromatic N) is 2. The SMILES string of the molecule is CNC(=O)c1ccc(CN(C)C(=O)/C=C/c2ccc([N+](=O)[O-])cc2)cc1. The summed E-state index contributed by atoms with van der Waals surface area (Å²) < 4.78 is 0. The molecule has 0 saturated heterocycles. The zero-order chi connectivity index (χ0) is 19.1. The largest absolute Gasteiger partial charge is 0.355 e. The molecule has 7 nitrogen and oxygen atoms in total. The highest BCUT2D eigenvalue weighted by Gasteiger charge is 2.08. The van der Waals surface area contributed by atoms with E-state index in [-0.39, 0.29) is 17.5 Å². The van der Waals surface area contributed by atoms with Crippen LogP contribution < -0.4 is 5.32 Å². The van der Waals surface area contributed by atoms with Gasteiger partial charge in [-0.1, -0.05) is 12.1 Å². The molecule has 2 rings (SSSR count). The Labute approximate surface area is 151 Å². The number of amides is 2. The second-order valence-corrected chi connectivity index (χ2v) is 5.65. The third-order valence-electron chi connectivity index (χ3n) is 3.76. The summed E-state index contributed by atoms with van der Waals surface area (Å²) in [5.74, 6) is -0.356. The first kappa shape index (κ1) is 18.9. The van der Waals surface area contributed by atoms with Crippen LogP contribution in [0.4, 0.5) is 5.69 Å². The fraction of sp³-hybridized carbons (Fsp3) is 0.158. The van der Waals surface area contributed by atoms with Gasteiger partial charge in [0.2, 0.25) is 5.91 Å². The molecule has 0 aliphatic carbocycles. The van der Waals surface area contributed by atoms with Gasteiger partial charge < -0.3 is 10.2 Å². The molecule has 0 aromatic heterocycles. The number of carbonyl (C=O) groups excluding carboxylic acids is 2. The average Bonchev–Trinajstić information content (AvgIpc) is 2.66. The molecule has 0 aliphatic heterocycles. The summed E-state index contributed by atoms with van der Waals surface area (Å²) in [4.78, 5) is 35.4. The van der Waals surface area contributed by atoms with E-state index in [2.05, 4.69) is 5.32 Å². The molecule has 0 aliphatic rings. The average molecular weight is 353 g/mol. The van der Waals surface area contributed by atoms with E-state index in [1.165, 1.54) is 23.1 Å². The molecule has 0 bridgehead atoms. The molecule has 134 valence electrons. The second kappa shape index (κ2) is 8.57. The summed E-state index contributed by atoms with van der Waals surface area (Å²) in [5, 5.41) is 13.2. The molecule has 0 spiro atoms. The highest BCUT2D eigenvalue weighted by molar-refractivity contribution is 5.94. The van der Waals surface area contributed by atoms with Gasteiger partial charge in [-0.05, 0) is 41.5 Å². The molecular formula is C19H19N3O4. The Hall–Kier alpha value is -3.48. The van der Waals surface area contributed by atoms with Crippen LogP contribution in [0, 0.1) is 10.1 Å². The van der Waals surface area contributed by atoms with Crippen molar-refractivity contribution in [2.45, 2.75) is 6.54 Å². The Morgan fingerprint density at radius 2 is 1.73 bits per heavy atom. The van der Waals surface area contributed by atoms with Gasteiger partial charge in [0.15, 0.2) is 0 Å². The van der Waals surface area contributed by atoms with Crippen molar-refractivity contribution in [1.29, 1.82) is 0 Å². The fourth-order valence-corrected chi connectivity index (χ4v) is 2.26. The predicted octanol–water partition coefficient (Wildman–Crippen LogP) is 2.63. The van der Waals surface area contributed by atoms with Crippen molar-refractivity contribution >= 4 is 23.6 Å². The third-order valence-corrected chi connectivity index (χ3v) is 3.76. The summed E-state index contributed by atoms with van der Waals surface area (Å²) in [6, 6.07) is 13.0. The summed E-state index contributed by atoms with van der Waals surface area (Å²) >= 11 is 0. The Balaban J connectivity index is 1.96. The number of hydrogen-bond acceptors (Lipinski definition) is 4. The molecule has 1 N–H and O–H groups in total. The molecule has 0 unspecified atom stereocenters. The Bertz CT molecular complexity index is 827. The number of nitro groups is 1. The maximum absolute atomic E-state index is 12.2. The number of likely N-dealkylation sites (N-methyl/N-ethyl adjacent to an activating group) is 1. The standard InChI is InChI=1S/C19H19N3O4/c1-20-19(24)16-8-3-15(4-9-16)13-21(2)18(23)12-7-14-5-10-17(11-6-14)22(25)26/h3-12H,13H2,1-2H3,(H,20,24)/b12-7+. The van der Waals surface area contributed by atoms with Gasteiger partial charge in [-0.15, -0.1) is 0 Å². The Morgan fingerprint density at radius 3 is 2.27 bits per heavy atom. The molecule has 0 atom stereocenters. The topological polar surface area (TPSA) is 92.6 Å². The molecule has 2 aromatic rings. The minimum Gasteiger partial charge on any atom is -0.355 e. The Morgan fingerprint density at radius 1 is 1.12 bits per heavy atom. The van der Waals surface area contributed by atoms with E-state index in [0.717, 1.165) is 5.56 Å². The molecule has 0 saturated carbocycles. The number of hydrogen-bond donors (Lipinski definition) is 1. The van der Waals surface area contributed by atoms with Gasteiger partial charge in [0.25, 0.3) is 11.6 Å². The van der Waals surface area contributed by atoms with Gasteiger partial charge >= 0.3 is 0 Å². The summed E-state index contributed by atoms with van der Waals surface area (Å²) in [5.41, 5.74) is 2.17. The van der Waals surface area contributed by atoms with E-state index >= 15 is 0 Å². The minimum atomic E-state index is -0.470. The van der Waals surface area contributed by atoms with Crippen molar-refractivity contribution < 1.29 is 14.5 Å². The van der Waals surface area contributed by atoms with Gasteiger partial charge in [-0.2, -0.15) is 0 Å². The second-order valence-electron chi connectivity index (χ2n) is 5.65. The van der Waals surface area contributed by atoms with Gasteiger partial charge in [0.05, 0.1) is 4.92 Å². The van der Waals surface area contributed by atoms with Gasteiger partial charge in [-0.3, -0.25) is 19.7 Å². The number of non-ortho nitro benzene ring substituents is 1. The van der Waals surface area contributed by atoms with E-state index in [9.17, 15) is 19.7 Å². The van der Waals surface area contributed by atoms with Crippen LogP contribution >= 0.6 is 0 Å². The summed E-state index contributed by atoms with van der Waals surface area (Å²) in [6.45, 7) is 0.400. The minimum absolute atomic E-state index is 0.00537. The van der Waals surface area contributed by atoms with Crippen molar-refractivity contribution in [2.75, 3.05) is 14.1 Å². The van der Waals surface area contributed by atoms with E-state index in [4.69, 9.17) is 0 Å². The lowest BCUT2D eigenvalue weighted by atomic mass is 10.1. The van der Waals surface area contributed by atoms with Crippen LogP contribution in [0.25, 0.3) is 6.08 Å².